The lowest BCUT2D eigenvalue weighted by Gasteiger charge is -2.25. The molecule has 0 fully saturated rings. The molecule has 1 rings (SSSR count). The van der Waals surface area contributed by atoms with Crippen LogP contribution >= 0.6 is 0 Å². The van der Waals surface area contributed by atoms with Gasteiger partial charge in [-0.25, -0.2) is 0 Å². The maximum Gasteiger partial charge on any atom is 0.240 e. The second-order valence-corrected chi connectivity index (χ2v) is 4.53. The fourth-order valence-electron chi connectivity index (χ4n) is 1.39. The molecular formula is C14H22N2O3. The van der Waals surface area contributed by atoms with Crippen LogP contribution in [0.25, 0.3) is 0 Å². The number of carbonyl (C=O) groups excluding carboxylic acids is 1. The second kappa shape index (κ2) is 6.99. The van der Waals surface area contributed by atoms with Crippen LogP contribution in [-0.2, 0) is 4.79 Å². The van der Waals surface area contributed by atoms with E-state index in [1.165, 1.54) is 0 Å². The van der Waals surface area contributed by atoms with Gasteiger partial charge in [0.1, 0.15) is 12.1 Å². The molecule has 0 saturated carbocycles. The van der Waals surface area contributed by atoms with Crippen LogP contribution in [0.4, 0.5) is 0 Å². The number of hydrogen-bond acceptors (Lipinski definition) is 4. The van der Waals surface area contributed by atoms with Gasteiger partial charge in [-0.05, 0) is 32.5 Å². The summed E-state index contributed by atoms with van der Waals surface area (Å²) in [5, 5.41) is 2.87. The smallest absolute Gasteiger partial charge is 0.240 e. The minimum atomic E-state index is -0.905. The van der Waals surface area contributed by atoms with Crippen LogP contribution in [-0.4, -0.2) is 31.7 Å². The number of hydrogen-bond donors (Lipinski definition) is 2. The summed E-state index contributed by atoms with van der Waals surface area (Å²) in [4.78, 5) is 11.4. The maximum atomic E-state index is 11.4. The number of amides is 1. The first-order chi connectivity index (χ1) is 9.03. The van der Waals surface area contributed by atoms with Gasteiger partial charge in [0.05, 0.1) is 6.61 Å². The summed E-state index contributed by atoms with van der Waals surface area (Å²) < 4.78 is 11.2. The first-order valence-corrected chi connectivity index (χ1v) is 6.37. The molecule has 0 saturated heterocycles. The SMILES string of the molecule is CCCOc1ccccc1OCC(C)(NC)C(N)=O. The number of carbonyl (C=O) groups is 1. The molecule has 0 radical (unpaired) electrons. The first kappa shape index (κ1) is 15.3. The van der Waals surface area contributed by atoms with Crippen molar-refractivity contribution in [3.05, 3.63) is 24.3 Å². The predicted octanol–water partition coefficient (Wildman–Crippen LogP) is 1.32. The Labute approximate surface area is 114 Å². The van der Waals surface area contributed by atoms with Crippen molar-refractivity contribution in [2.75, 3.05) is 20.3 Å². The summed E-state index contributed by atoms with van der Waals surface area (Å²) in [6.07, 6.45) is 0.920. The highest BCUT2D eigenvalue weighted by Gasteiger charge is 2.30. The Morgan fingerprint density at radius 1 is 1.32 bits per heavy atom. The number of nitrogens with two attached hydrogens (primary N) is 1. The van der Waals surface area contributed by atoms with E-state index in [4.69, 9.17) is 15.2 Å². The van der Waals surface area contributed by atoms with E-state index in [1.54, 1.807) is 14.0 Å². The minimum absolute atomic E-state index is 0.144. The van der Waals surface area contributed by atoms with Crippen molar-refractivity contribution in [3.63, 3.8) is 0 Å². The van der Waals surface area contributed by atoms with E-state index in [1.807, 2.05) is 31.2 Å². The summed E-state index contributed by atoms with van der Waals surface area (Å²) in [6, 6.07) is 7.38. The van der Waals surface area contributed by atoms with E-state index in [0.717, 1.165) is 6.42 Å². The van der Waals surface area contributed by atoms with Gasteiger partial charge in [-0.3, -0.25) is 4.79 Å². The summed E-state index contributed by atoms with van der Waals surface area (Å²) >= 11 is 0. The normalized spacial score (nSPS) is 13.6. The highest BCUT2D eigenvalue weighted by atomic mass is 16.5. The fourth-order valence-corrected chi connectivity index (χ4v) is 1.39. The Kier molecular flexibility index (Phi) is 5.63. The molecule has 5 nitrogen and oxygen atoms in total. The predicted molar refractivity (Wildman–Crippen MR) is 74.4 cm³/mol. The highest BCUT2D eigenvalue weighted by Crippen LogP contribution is 2.27. The van der Waals surface area contributed by atoms with E-state index in [0.29, 0.717) is 18.1 Å². The highest BCUT2D eigenvalue weighted by molar-refractivity contribution is 5.84. The van der Waals surface area contributed by atoms with Gasteiger partial charge in [0.2, 0.25) is 5.91 Å². The Morgan fingerprint density at radius 3 is 2.37 bits per heavy atom. The van der Waals surface area contributed by atoms with E-state index in [-0.39, 0.29) is 6.61 Å². The van der Waals surface area contributed by atoms with E-state index < -0.39 is 11.4 Å². The van der Waals surface area contributed by atoms with Gasteiger partial charge in [-0.1, -0.05) is 19.1 Å². The van der Waals surface area contributed by atoms with Crippen molar-refractivity contribution >= 4 is 5.91 Å². The van der Waals surface area contributed by atoms with Gasteiger partial charge >= 0.3 is 0 Å². The Morgan fingerprint density at radius 2 is 1.89 bits per heavy atom. The summed E-state index contributed by atoms with van der Waals surface area (Å²) in [6.45, 7) is 4.50. The quantitative estimate of drug-likeness (QED) is 0.744. The molecule has 0 bridgehead atoms. The van der Waals surface area contributed by atoms with Crippen LogP contribution in [0.15, 0.2) is 24.3 Å². The maximum absolute atomic E-state index is 11.4. The molecule has 1 aromatic carbocycles. The second-order valence-electron chi connectivity index (χ2n) is 4.53. The molecule has 106 valence electrons. The lowest BCUT2D eigenvalue weighted by Crippen LogP contribution is -2.55. The van der Waals surface area contributed by atoms with Gasteiger partial charge < -0.3 is 20.5 Å². The van der Waals surface area contributed by atoms with Crippen molar-refractivity contribution in [1.82, 2.24) is 5.32 Å². The van der Waals surface area contributed by atoms with Gasteiger partial charge in [-0.2, -0.15) is 0 Å². The van der Waals surface area contributed by atoms with Crippen LogP contribution in [0.1, 0.15) is 20.3 Å². The number of para-hydroxylation sites is 2. The molecule has 1 amide bonds. The molecule has 1 atom stereocenters. The van der Waals surface area contributed by atoms with Crippen molar-refractivity contribution in [2.45, 2.75) is 25.8 Å². The largest absolute Gasteiger partial charge is 0.490 e. The Hall–Kier alpha value is -1.75. The van der Waals surface area contributed by atoms with Crippen LogP contribution in [0.2, 0.25) is 0 Å². The summed E-state index contributed by atoms with van der Waals surface area (Å²) in [5.74, 6) is 0.827. The number of rotatable bonds is 8. The molecule has 0 aliphatic rings. The van der Waals surface area contributed by atoms with Gasteiger partial charge in [0.25, 0.3) is 0 Å². The fraction of sp³-hybridized carbons (Fsp3) is 0.500. The van der Waals surface area contributed by atoms with Crippen LogP contribution in [0.3, 0.4) is 0 Å². The molecular weight excluding hydrogens is 244 g/mol. The number of likely N-dealkylation sites (N-methyl/N-ethyl adjacent to an activating group) is 1. The van der Waals surface area contributed by atoms with Crippen molar-refractivity contribution in [2.24, 2.45) is 5.73 Å². The average Bonchev–Trinajstić information content (AvgIpc) is 2.43. The lowest BCUT2D eigenvalue weighted by molar-refractivity contribution is -0.124. The topological polar surface area (TPSA) is 73.6 Å². The molecule has 3 N–H and O–H groups in total. The van der Waals surface area contributed by atoms with Crippen molar-refractivity contribution in [1.29, 1.82) is 0 Å². The van der Waals surface area contributed by atoms with Crippen molar-refractivity contribution < 1.29 is 14.3 Å². The van der Waals surface area contributed by atoms with E-state index >= 15 is 0 Å². The number of nitrogens with one attached hydrogen (secondary N) is 1. The zero-order valence-corrected chi connectivity index (χ0v) is 11.7. The standard InChI is InChI=1S/C14H22N2O3/c1-4-9-18-11-7-5-6-8-12(11)19-10-14(2,16-3)13(15)17/h5-8,16H,4,9-10H2,1-3H3,(H2,15,17). The third-order valence-corrected chi connectivity index (χ3v) is 2.92. The molecule has 0 spiro atoms. The first-order valence-electron chi connectivity index (χ1n) is 6.37. The van der Waals surface area contributed by atoms with E-state index in [2.05, 4.69) is 5.32 Å². The molecule has 1 aromatic rings. The number of primary amides is 1. The van der Waals surface area contributed by atoms with Crippen LogP contribution in [0, 0.1) is 0 Å². The van der Waals surface area contributed by atoms with Gasteiger partial charge in [-0.15, -0.1) is 0 Å². The number of benzene rings is 1. The molecule has 0 aliphatic carbocycles. The Bertz CT molecular complexity index is 423. The molecule has 0 aromatic heterocycles. The van der Waals surface area contributed by atoms with Crippen LogP contribution in [0.5, 0.6) is 11.5 Å². The summed E-state index contributed by atoms with van der Waals surface area (Å²) in [5.41, 5.74) is 4.45. The van der Waals surface area contributed by atoms with Gasteiger partial charge in [0, 0.05) is 0 Å². The molecule has 0 heterocycles. The zero-order valence-electron chi connectivity index (χ0n) is 11.7. The number of ether oxygens (including phenoxy) is 2. The molecule has 1 unspecified atom stereocenters. The Balaban J connectivity index is 2.74. The zero-order chi connectivity index (χ0) is 14.3. The monoisotopic (exact) mass is 266 g/mol. The third-order valence-electron chi connectivity index (χ3n) is 2.92. The molecule has 0 aliphatic heterocycles. The minimum Gasteiger partial charge on any atom is -0.490 e. The molecule has 19 heavy (non-hydrogen) atoms. The summed E-state index contributed by atoms with van der Waals surface area (Å²) in [7, 11) is 1.67. The lowest BCUT2D eigenvalue weighted by atomic mass is 10.0. The average molecular weight is 266 g/mol. The third kappa shape index (κ3) is 4.13. The van der Waals surface area contributed by atoms with Crippen molar-refractivity contribution in [3.8, 4) is 11.5 Å². The molecule has 5 heteroatoms. The van der Waals surface area contributed by atoms with Gasteiger partial charge in [0.15, 0.2) is 11.5 Å². The van der Waals surface area contributed by atoms with Crippen LogP contribution < -0.4 is 20.5 Å². The van der Waals surface area contributed by atoms with E-state index in [9.17, 15) is 4.79 Å².